The first kappa shape index (κ1) is 17.0. The molecule has 2 aromatic rings. The predicted octanol–water partition coefficient (Wildman–Crippen LogP) is 2.07. The van der Waals surface area contributed by atoms with E-state index in [1.165, 1.54) is 0 Å². The lowest BCUT2D eigenvalue weighted by atomic mass is 9.84. The molecule has 2 fully saturated rings. The van der Waals surface area contributed by atoms with Crippen molar-refractivity contribution in [3.8, 4) is 0 Å². The molecule has 2 saturated heterocycles. The number of nitrogens with zero attached hydrogens (tertiary/aromatic N) is 6. The summed E-state index contributed by atoms with van der Waals surface area (Å²) in [4.78, 5) is 25.7. The summed E-state index contributed by atoms with van der Waals surface area (Å²) >= 11 is 0. The summed E-state index contributed by atoms with van der Waals surface area (Å²) in [6.45, 7) is 6.57. The average Bonchev–Trinajstić information content (AvgIpc) is 3.38. The Kier molecular flexibility index (Phi) is 4.86. The number of hydrogen-bond donors (Lipinski definition) is 0. The maximum Gasteiger partial charge on any atom is 0.257 e. The normalized spacial score (nSPS) is 21.3. The van der Waals surface area contributed by atoms with Crippen LogP contribution in [0.5, 0.6) is 0 Å². The fourth-order valence-electron chi connectivity index (χ4n) is 4.21. The molecule has 0 radical (unpaired) electrons. The zero-order valence-electron chi connectivity index (χ0n) is 15.3. The molecule has 0 bridgehead atoms. The van der Waals surface area contributed by atoms with Crippen LogP contribution in [0.1, 0.15) is 36.5 Å². The number of hydrogen-bond acceptors (Lipinski definition) is 5. The fraction of sp³-hybridized carbons (Fsp3) is 0.579. The summed E-state index contributed by atoms with van der Waals surface area (Å²) in [5, 5.41) is 4.22. The minimum Gasteiger partial charge on any atom is -0.341 e. The Bertz CT molecular complexity index is 737. The molecule has 0 aliphatic carbocycles. The van der Waals surface area contributed by atoms with Gasteiger partial charge >= 0.3 is 0 Å². The van der Waals surface area contributed by atoms with Crippen LogP contribution in [-0.4, -0.2) is 56.7 Å². The molecule has 138 valence electrons. The van der Waals surface area contributed by atoms with Gasteiger partial charge < -0.3 is 9.80 Å². The highest BCUT2D eigenvalue weighted by molar-refractivity contribution is 5.93. The van der Waals surface area contributed by atoms with Gasteiger partial charge in [0.15, 0.2) is 0 Å². The van der Waals surface area contributed by atoms with E-state index in [1.807, 2.05) is 28.8 Å². The van der Waals surface area contributed by atoms with Crippen molar-refractivity contribution in [2.45, 2.75) is 32.7 Å². The third-order valence-corrected chi connectivity index (χ3v) is 5.76. The molecule has 0 saturated carbocycles. The van der Waals surface area contributed by atoms with Crippen molar-refractivity contribution >= 4 is 11.9 Å². The lowest BCUT2D eigenvalue weighted by Gasteiger charge is -2.34. The van der Waals surface area contributed by atoms with E-state index >= 15 is 0 Å². The number of carbonyl (C=O) groups excluding carboxylic acids is 1. The molecule has 26 heavy (non-hydrogen) atoms. The first-order valence-electron chi connectivity index (χ1n) is 9.58. The van der Waals surface area contributed by atoms with Gasteiger partial charge in [-0.25, -0.2) is 9.97 Å². The zero-order valence-corrected chi connectivity index (χ0v) is 15.3. The van der Waals surface area contributed by atoms with E-state index in [0.29, 0.717) is 17.4 Å². The van der Waals surface area contributed by atoms with Crippen molar-refractivity contribution in [3.05, 3.63) is 36.4 Å². The summed E-state index contributed by atoms with van der Waals surface area (Å²) < 4.78 is 1.81. The molecule has 7 nitrogen and oxygen atoms in total. The van der Waals surface area contributed by atoms with E-state index in [0.717, 1.165) is 57.9 Å². The number of carbonyl (C=O) groups is 1. The van der Waals surface area contributed by atoms with Crippen LogP contribution in [0.15, 0.2) is 30.9 Å². The Balaban J connectivity index is 1.31. The molecule has 2 aliphatic heterocycles. The van der Waals surface area contributed by atoms with Crippen LogP contribution in [0.4, 0.5) is 5.95 Å². The second-order valence-electron chi connectivity index (χ2n) is 7.26. The van der Waals surface area contributed by atoms with Crippen LogP contribution in [0.2, 0.25) is 0 Å². The van der Waals surface area contributed by atoms with E-state index in [9.17, 15) is 4.79 Å². The minimum absolute atomic E-state index is 0.127. The molecule has 2 aromatic heterocycles. The van der Waals surface area contributed by atoms with Gasteiger partial charge in [0, 0.05) is 51.3 Å². The van der Waals surface area contributed by atoms with Gasteiger partial charge in [0.25, 0.3) is 5.91 Å². The second kappa shape index (κ2) is 7.43. The zero-order chi connectivity index (χ0) is 17.9. The van der Waals surface area contributed by atoms with E-state index in [2.05, 4.69) is 20.0 Å². The van der Waals surface area contributed by atoms with Crippen LogP contribution in [-0.2, 0) is 6.54 Å². The van der Waals surface area contributed by atoms with Crippen LogP contribution >= 0.6 is 0 Å². The van der Waals surface area contributed by atoms with Gasteiger partial charge in [0.2, 0.25) is 5.95 Å². The van der Waals surface area contributed by atoms with Crippen molar-refractivity contribution in [3.63, 3.8) is 0 Å². The number of rotatable bonds is 4. The van der Waals surface area contributed by atoms with Gasteiger partial charge in [-0.3, -0.25) is 9.48 Å². The molecule has 0 spiro atoms. The monoisotopic (exact) mass is 354 g/mol. The summed E-state index contributed by atoms with van der Waals surface area (Å²) in [6, 6.07) is 1.85. The fourth-order valence-corrected chi connectivity index (χ4v) is 4.21. The van der Waals surface area contributed by atoms with Crippen LogP contribution in [0, 0.1) is 11.8 Å². The molecule has 0 N–H and O–H groups in total. The number of likely N-dealkylation sites (tertiary alicyclic amines) is 1. The Hall–Kier alpha value is -2.44. The highest BCUT2D eigenvalue weighted by Gasteiger charge is 2.34. The molecule has 7 heteroatoms. The number of amides is 1. The van der Waals surface area contributed by atoms with Crippen LogP contribution in [0.25, 0.3) is 0 Å². The van der Waals surface area contributed by atoms with Crippen LogP contribution < -0.4 is 4.90 Å². The van der Waals surface area contributed by atoms with Crippen molar-refractivity contribution < 1.29 is 4.79 Å². The minimum atomic E-state index is 0.127. The average molecular weight is 354 g/mol. The number of aryl methyl sites for hydroxylation is 1. The van der Waals surface area contributed by atoms with E-state index in [-0.39, 0.29) is 5.91 Å². The van der Waals surface area contributed by atoms with Gasteiger partial charge in [-0.2, -0.15) is 5.10 Å². The highest BCUT2D eigenvalue weighted by atomic mass is 16.2. The van der Waals surface area contributed by atoms with E-state index in [1.54, 1.807) is 18.6 Å². The maximum atomic E-state index is 12.7. The first-order valence-corrected chi connectivity index (χ1v) is 9.58. The SMILES string of the molecule is CCn1cc(C(=O)N2CCC(C3CCN(c4ncccn4)CC3)C2)cn1. The smallest absolute Gasteiger partial charge is 0.257 e. The molecule has 1 unspecified atom stereocenters. The Morgan fingerprint density at radius 3 is 2.54 bits per heavy atom. The largest absolute Gasteiger partial charge is 0.341 e. The highest BCUT2D eigenvalue weighted by Crippen LogP contribution is 2.33. The molecular formula is C19H26N6O. The summed E-state index contributed by atoms with van der Waals surface area (Å²) in [5.41, 5.74) is 0.712. The molecular weight excluding hydrogens is 328 g/mol. The maximum absolute atomic E-state index is 12.7. The van der Waals surface area contributed by atoms with E-state index < -0.39 is 0 Å². The molecule has 1 atom stereocenters. The van der Waals surface area contributed by atoms with Gasteiger partial charge in [-0.05, 0) is 44.1 Å². The topological polar surface area (TPSA) is 67.2 Å². The quantitative estimate of drug-likeness (QED) is 0.841. The number of piperidine rings is 1. The first-order chi connectivity index (χ1) is 12.7. The van der Waals surface area contributed by atoms with Gasteiger partial charge in [-0.1, -0.05) is 0 Å². The lowest BCUT2D eigenvalue weighted by Crippen LogP contribution is -2.38. The standard InChI is InChI=1S/C19H26N6O/c1-2-25-14-17(12-22-25)18(26)24-11-6-16(13-24)15-4-9-23(10-5-15)19-20-7-3-8-21-19/h3,7-8,12,14-16H,2,4-6,9-11,13H2,1H3. The van der Waals surface area contributed by atoms with Crippen molar-refractivity contribution in [2.24, 2.45) is 11.8 Å². The predicted molar refractivity (Wildman–Crippen MR) is 98.9 cm³/mol. The molecule has 1 amide bonds. The molecule has 2 aliphatic rings. The van der Waals surface area contributed by atoms with Gasteiger partial charge in [0.05, 0.1) is 11.8 Å². The molecule has 4 heterocycles. The second-order valence-corrected chi connectivity index (χ2v) is 7.26. The van der Waals surface area contributed by atoms with Gasteiger partial charge in [-0.15, -0.1) is 0 Å². The lowest BCUT2D eigenvalue weighted by molar-refractivity contribution is 0.0780. The van der Waals surface area contributed by atoms with Crippen molar-refractivity contribution in [1.82, 2.24) is 24.6 Å². The molecule has 4 rings (SSSR count). The van der Waals surface area contributed by atoms with Crippen molar-refractivity contribution in [2.75, 3.05) is 31.1 Å². The van der Waals surface area contributed by atoms with E-state index in [4.69, 9.17) is 0 Å². The number of anilines is 1. The Morgan fingerprint density at radius 1 is 1.12 bits per heavy atom. The summed E-state index contributed by atoms with van der Waals surface area (Å²) in [5.74, 6) is 2.26. The summed E-state index contributed by atoms with van der Waals surface area (Å²) in [6.07, 6.45) is 10.6. The summed E-state index contributed by atoms with van der Waals surface area (Å²) in [7, 11) is 0. The van der Waals surface area contributed by atoms with Crippen LogP contribution in [0.3, 0.4) is 0 Å². The Labute approximate surface area is 154 Å². The third-order valence-electron chi connectivity index (χ3n) is 5.76. The van der Waals surface area contributed by atoms with Crippen molar-refractivity contribution in [1.29, 1.82) is 0 Å². The third kappa shape index (κ3) is 3.43. The Morgan fingerprint density at radius 2 is 1.85 bits per heavy atom. The van der Waals surface area contributed by atoms with Gasteiger partial charge in [0.1, 0.15) is 0 Å². The number of aromatic nitrogens is 4. The molecule has 0 aromatic carbocycles.